The van der Waals surface area contributed by atoms with Gasteiger partial charge in [-0.1, -0.05) is 35.3 Å². The Balaban J connectivity index is 1.67. The van der Waals surface area contributed by atoms with Crippen molar-refractivity contribution < 1.29 is 14.3 Å². The zero-order chi connectivity index (χ0) is 16.7. The standard InChI is InChI=1S/C16H15Cl2NO3S/c17-13-4-3-11(8-14(13)18)9-16(21)22-10-15(20)19-6-5-12-2-1-7-23-12/h1-4,7-8H,5-6,9-10H2,(H,19,20). The normalized spacial score (nSPS) is 10.3. The third-order valence-electron chi connectivity index (χ3n) is 2.97. The molecule has 0 aliphatic heterocycles. The van der Waals surface area contributed by atoms with E-state index < -0.39 is 5.97 Å². The maximum absolute atomic E-state index is 11.7. The lowest BCUT2D eigenvalue weighted by Gasteiger charge is -2.07. The number of ether oxygens (including phenoxy) is 1. The molecule has 1 heterocycles. The molecule has 0 unspecified atom stereocenters. The molecule has 1 aromatic carbocycles. The summed E-state index contributed by atoms with van der Waals surface area (Å²) in [6.45, 7) is 0.230. The Morgan fingerprint density at radius 3 is 2.70 bits per heavy atom. The number of esters is 1. The van der Waals surface area contributed by atoms with Crippen LogP contribution in [-0.2, 0) is 27.2 Å². The van der Waals surface area contributed by atoms with Crippen molar-refractivity contribution in [1.82, 2.24) is 5.32 Å². The molecule has 2 aromatic rings. The van der Waals surface area contributed by atoms with E-state index in [4.69, 9.17) is 27.9 Å². The molecule has 7 heteroatoms. The average molecular weight is 372 g/mol. The van der Waals surface area contributed by atoms with Crippen molar-refractivity contribution in [3.8, 4) is 0 Å². The number of nitrogens with one attached hydrogen (secondary N) is 1. The Morgan fingerprint density at radius 1 is 1.17 bits per heavy atom. The van der Waals surface area contributed by atoms with Gasteiger partial charge in [0.1, 0.15) is 0 Å². The Hall–Kier alpha value is -1.56. The number of carbonyl (C=O) groups is 2. The summed E-state index contributed by atoms with van der Waals surface area (Å²) < 4.78 is 4.94. The van der Waals surface area contributed by atoms with E-state index in [0.717, 1.165) is 6.42 Å². The molecule has 0 aliphatic rings. The van der Waals surface area contributed by atoms with Gasteiger partial charge in [0, 0.05) is 11.4 Å². The summed E-state index contributed by atoms with van der Waals surface area (Å²) in [4.78, 5) is 24.5. The lowest BCUT2D eigenvalue weighted by Crippen LogP contribution is -2.30. The van der Waals surface area contributed by atoms with Crippen molar-refractivity contribution >= 4 is 46.4 Å². The van der Waals surface area contributed by atoms with E-state index in [1.807, 2.05) is 17.5 Å². The van der Waals surface area contributed by atoms with Gasteiger partial charge < -0.3 is 10.1 Å². The van der Waals surface area contributed by atoms with Crippen LogP contribution in [0.15, 0.2) is 35.7 Å². The maximum Gasteiger partial charge on any atom is 0.310 e. The van der Waals surface area contributed by atoms with Crippen molar-refractivity contribution in [2.45, 2.75) is 12.8 Å². The Morgan fingerprint density at radius 2 is 2.00 bits per heavy atom. The van der Waals surface area contributed by atoms with Gasteiger partial charge in [0.05, 0.1) is 16.5 Å². The van der Waals surface area contributed by atoms with Crippen LogP contribution in [0.25, 0.3) is 0 Å². The summed E-state index contributed by atoms with van der Waals surface area (Å²) in [7, 11) is 0. The smallest absolute Gasteiger partial charge is 0.310 e. The molecule has 1 N–H and O–H groups in total. The summed E-state index contributed by atoms with van der Waals surface area (Å²) >= 11 is 13.3. The average Bonchev–Trinajstić information content (AvgIpc) is 3.02. The van der Waals surface area contributed by atoms with Gasteiger partial charge in [0.25, 0.3) is 5.91 Å². The molecule has 0 spiro atoms. The minimum absolute atomic E-state index is 0.0410. The van der Waals surface area contributed by atoms with E-state index in [1.165, 1.54) is 4.88 Å². The first-order valence-electron chi connectivity index (χ1n) is 6.93. The Labute approximate surface area is 148 Å². The van der Waals surface area contributed by atoms with Gasteiger partial charge >= 0.3 is 5.97 Å². The molecular weight excluding hydrogens is 357 g/mol. The molecule has 0 aliphatic carbocycles. The van der Waals surface area contributed by atoms with Crippen LogP contribution < -0.4 is 5.32 Å². The predicted molar refractivity (Wildman–Crippen MR) is 92.2 cm³/mol. The third kappa shape index (κ3) is 6.22. The minimum atomic E-state index is -0.489. The van der Waals surface area contributed by atoms with Crippen LogP contribution in [0.3, 0.4) is 0 Å². The van der Waals surface area contributed by atoms with Crippen molar-refractivity contribution in [2.24, 2.45) is 0 Å². The number of thiophene rings is 1. The second-order valence-electron chi connectivity index (χ2n) is 4.77. The molecular formula is C16H15Cl2NO3S. The highest BCUT2D eigenvalue weighted by Crippen LogP contribution is 2.22. The summed E-state index contributed by atoms with van der Waals surface area (Å²) in [5, 5.41) is 5.50. The fourth-order valence-electron chi connectivity index (χ4n) is 1.84. The van der Waals surface area contributed by atoms with Crippen molar-refractivity contribution in [3.63, 3.8) is 0 Å². The highest BCUT2D eigenvalue weighted by molar-refractivity contribution is 7.09. The molecule has 23 heavy (non-hydrogen) atoms. The van der Waals surface area contributed by atoms with Crippen LogP contribution in [0.4, 0.5) is 0 Å². The van der Waals surface area contributed by atoms with Crippen LogP contribution in [0.5, 0.6) is 0 Å². The summed E-state index contributed by atoms with van der Waals surface area (Å²) in [5.74, 6) is -0.805. The third-order valence-corrected chi connectivity index (χ3v) is 4.65. The number of rotatable bonds is 7. The summed E-state index contributed by atoms with van der Waals surface area (Å²) in [6, 6.07) is 8.88. The SMILES string of the molecule is O=C(COC(=O)Cc1ccc(Cl)c(Cl)c1)NCCc1cccs1. The summed E-state index contributed by atoms with van der Waals surface area (Å²) in [5.41, 5.74) is 0.683. The molecule has 2 rings (SSSR count). The molecule has 0 radical (unpaired) electrons. The van der Waals surface area contributed by atoms with Crippen LogP contribution in [0, 0.1) is 0 Å². The molecule has 0 fully saturated rings. The van der Waals surface area contributed by atoms with Crippen LogP contribution in [-0.4, -0.2) is 25.0 Å². The molecule has 0 saturated heterocycles. The molecule has 122 valence electrons. The molecule has 4 nitrogen and oxygen atoms in total. The first kappa shape index (κ1) is 17.8. The van der Waals surface area contributed by atoms with Crippen LogP contribution in [0.1, 0.15) is 10.4 Å². The topological polar surface area (TPSA) is 55.4 Å². The fourth-order valence-corrected chi connectivity index (χ4v) is 2.87. The maximum atomic E-state index is 11.7. The fraction of sp³-hybridized carbons (Fsp3) is 0.250. The second-order valence-corrected chi connectivity index (χ2v) is 6.61. The number of amides is 1. The van der Waals surface area contributed by atoms with Gasteiger partial charge in [-0.3, -0.25) is 9.59 Å². The first-order chi connectivity index (χ1) is 11.0. The highest BCUT2D eigenvalue weighted by atomic mass is 35.5. The van der Waals surface area contributed by atoms with Gasteiger partial charge in [-0.15, -0.1) is 11.3 Å². The van der Waals surface area contributed by atoms with E-state index in [-0.39, 0.29) is 18.9 Å². The number of halogens is 2. The van der Waals surface area contributed by atoms with E-state index in [0.29, 0.717) is 22.2 Å². The quantitative estimate of drug-likeness (QED) is 0.757. The Kier molecular flexibility index (Phi) is 6.89. The predicted octanol–water partition coefficient (Wildman–Crippen LogP) is 3.50. The van der Waals surface area contributed by atoms with Gasteiger partial charge in [-0.25, -0.2) is 0 Å². The molecule has 1 aromatic heterocycles. The van der Waals surface area contributed by atoms with Crippen LogP contribution in [0.2, 0.25) is 10.0 Å². The number of carbonyl (C=O) groups excluding carboxylic acids is 2. The molecule has 1 amide bonds. The van der Waals surface area contributed by atoms with E-state index in [9.17, 15) is 9.59 Å². The molecule has 0 saturated carbocycles. The lowest BCUT2D eigenvalue weighted by atomic mass is 10.1. The van der Waals surface area contributed by atoms with E-state index in [2.05, 4.69) is 5.32 Å². The summed E-state index contributed by atoms with van der Waals surface area (Å²) in [6.07, 6.45) is 0.806. The monoisotopic (exact) mass is 371 g/mol. The second kappa shape index (κ2) is 8.91. The van der Waals surface area contributed by atoms with Crippen molar-refractivity contribution in [3.05, 3.63) is 56.2 Å². The van der Waals surface area contributed by atoms with Gasteiger partial charge in [0.2, 0.25) is 0 Å². The number of benzene rings is 1. The minimum Gasteiger partial charge on any atom is -0.455 e. The number of hydrogen-bond acceptors (Lipinski definition) is 4. The Bertz CT molecular complexity index is 674. The molecule has 0 atom stereocenters. The van der Waals surface area contributed by atoms with Gasteiger partial charge in [-0.05, 0) is 35.6 Å². The lowest BCUT2D eigenvalue weighted by molar-refractivity contribution is -0.147. The van der Waals surface area contributed by atoms with E-state index in [1.54, 1.807) is 29.5 Å². The van der Waals surface area contributed by atoms with Crippen molar-refractivity contribution in [1.29, 1.82) is 0 Å². The van der Waals surface area contributed by atoms with Gasteiger partial charge in [0.15, 0.2) is 6.61 Å². The number of hydrogen-bond donors (Lipinski definition) is 1. The van der Waals surface area contributed by atoms with E-state index >= 15 is 0 Å². The zero-order valence-corrected chi connectivity index (χ0v) is 14.5. The highest BCUT2D eigenvalue weighted by Gasteiger charge is 2.09. The largest absolute Gasteiger partial charge is 0.455 e. The van der Waals surface area contributed by atoms with Crippen molar-refractivity contribution in [2.75, 3.05) is 13.2 Å². The van der Waals surface area contributed by atoms with Gasteiger partial charge in [-0.2, -0.15) is 0 Å². The zero-order valence-electron chi connectivity index (χ0n) is 12.2. The first-order valence-corrected chi connectivity index (χ1v) is 8.57. The van der Waals surface area contributed by atoms with Crippen LogP contribution >= 0.6 is 34.5 Å². The molecule has 0 bridgehead atoms.